The van der Waals surface area contributed by atoms with Gasteiger partial charge in [-0.25, -0.2) is 0 Å². The molecule has 1 aromatic carbocycles. The van der Waals surface area contributed by atoms with Crippen LogP contribution >= 0.6 is 0 Å². The van der Waals surface area contributed by atoms with E-state index in [9.17, 15) is 9.59 Å². The molecule has 0 atom stereocenters. The summed E-state index contributed by atoms with van der Waals surface area (Å²) in [6.45, 7) is 3.02. The number of nitrogens with zero attached hydrogens (tertiary/aromatic N) is 4. The topological polar surface area (TPSA) is 66.4 Å². The van der Waals surface area contributed by atoms with E-state index in [1.807, 2.05) is 58.3 Å². The number of fused-ring (bicyclic) bond motifs is 1. The molecule has 0 spiro atoms. The first-order valence-corrected chi connectivity index (χ1v) is 11.6. The minimum absolute atomic E-state index is 0.101. The molecule has 0 saturated carbocycles. The maximum absolute atomic E-state index is 13.3. The van der Waals surface area contributed by atoms with Crippen LogP contribution in [0.3, 0.4) is 0 Å². The summed E-state index contributed by atoms with van der Waals surface area (Å²) in [7, 11) is 0. The van der Waals surface area contributed by atoms with Gasteiger partial charge in [0, 0.05) is 49.4 Å². The lowest BCUT2D eigenvalue weighted by Gasteiger charge is -2.33. The standard InChI is InChI=1S/C26H28N4O2/c31-24(18-21-8-3-4-12-27-21)29-15-10-19(11-16-29)25-22(26(32)30-13-5-6-14-30)17-20-7-1-2-9-23(20)28-25/h1-4,7-9,12,17,19H,5-6,10-11,13-16,18H2. The molecule has 6 heteroatoms. The van der Waals surface area contributed by atoms with Gasteiger partial charge in [-0.2, -0.15) is 0 Å². The first-order chi connectivity index (χ1) is 15.7. The molecule has 2 saturated heterocycles. The summed E-state index contributed by atoms with van der Waals surface area (Å²) in [6.07, 6.45) is 5.83. The van der Waals surface area contributed by atoms with Crippen LogP contribution in [0.4, 0.5) is 0 Å². The highest BCUT2D eigenvalue weighted by molar-refractivity contribution is 5.99. The number of piperidine rings is 1. The molecule has 32 heavy (non-hydrogen) atoms. The Morgan fingerprint density at radius 3 is 2.41 bits per heavy atom. The van der Waals surface area contributed by atoms with Gasteiger partial charge in [-0.05, 0) is 49.9 Å². The highest BCUT2D eigenvalue weighted by atomic mass is 16.2. The van der Waals surface area contributed by atoms with Crippen molar-refractivity contribution in [3.63, 3.8) is 0 Å². The van der Waals surface area contributed by atoms with E-state index in [2.05, 4.69) is 4.98 Å². The molecule has 2 aliphatic heterocycles. The second-order valence-corrected chi connectivity index (χ2v) is 8.77. The second-order valence-electron chi connectivity index (χ2n) is 8.77. The number of hydrogen-bond acceptors (Lipinski definition) is 4. The number of likely N-dealkylation sites (tertiary alicyclic amines) is 2. The maximum atomic E-state index is 13.3. The molecule has 0 unspecified atom stereocenters. The van der Waals surface area contributed by atoms with Crippen molar-refractivity contribution in [1.82, 2.24) is 19.8 Å². The molecule has 2 aliphatic rings. The third-order valence-corrected chi connectivity index (χ3v) is 6.67. The lowest BCUT2D eigenvalue weighted by molar-refractivity contribution is -0.131. The molecule has 0 radical (unpaired) electrons. The van der Waals surface area contributed by atoms with Gasteiger partial charge in [0.15, 0.2) is 0 Å². The maximum Gasteiger partial charge on any atom is 0.255 e. The molecular formula is C26H28N4O2. The van der Waals surface area contributed by atoms with E-state index in [1.165, 1.54) is 0 Å². The van der Waals surface area contributed by atoms with Crippen LogP contribution in [0, 0.1) is 0 Å². The number of carbonyl (C=O) groups is 2. The van der Waals surface area contributed by atoms with Crippen LogP contribution in [0.15, 0.2) is 54.7 Å². The molecular weight excluding hydrogens is 400 g/mol. The SMILES string of the molecule is O=C(Cc1ccccn1)N1CCC(c2nc3ccccc3cc2C(=O)N2CCCC2)CC1. The van der Waals surface area contributed by atoms with Crippen LogP contribution in [0.5, 0.6) is 0 Å². The van der Waals surface area contributed by atoms with Crippen molar-refractivity contribution in [2.24, 2.45) is 0 Å². The number of rotatable bonds is 4. The Bertz CT molecular complexity index is 1120. The number of pyridine rings is 2. The Morgan fingerprint density at radius 2 is 1.66 bits per heavy atom. The third kappa shape index (κ3) is 4.22. The van der Waals surface area contributed by atoms with Gasteiger partial charge in [0.25, 0.3) is 5.91 Å². The van der Waals surface area contributed by atoms with Crippen LogP contribution < -0.4 is 0 Å². The number of benzene rings is 1. The predicted molar refractivity (Wildman–Crippen MR) is 123 cm³/mol. The number of amides is 2. The van der Waals surface area contributed by atoms with E-state index in [4.69, 9.17) is 4.98 Å². The summed E-state index contributed by atoms with van der Waals surface area (Å²) >= 11 is 0. The van der Waals surface area contributed by atoms with Crippen LogP contribution in [0.25, 0.3) is 10.9 Å². The quantitative estimate of drug-likeness (QED) is 0.634. The minimum Gasteiger partial charge on any atom is -0.342 e. The van der Waals surface area contributed by atoms with Gasteiger partial charge in [-0.3, -0.25) is 19.6 Å². The van der Waals surface area contributed by atoms with Crippen LogP contribution in [-0.4, -0.2) is 57.8 Å². The van der Waals surface area contributed by atoms with E-state index in [0.29, 0.717) is 19.5 Å². The smallest absolute Gasteiger partial charge is 0.255 e. The number of aromatic nitrogens is 2. The van der Waals surface area contributed by atoms with Crippen LogP contribution in [0.1, 0.15) is 53.3 Å². The van der Waals surface area contributed by atoms with Gasteiger partial charge in [0.05, 0.1) is 23.2 Å². The monoisotopic (exact) mass is 428 g/mol. The molecule has 0 aliphatic carbocycles. The van der Waals surface area contributed by atoms with Gasteiger partial charge < -0.3 is 9.80 Å². The Balaban J connectivity index is 1.35. The first-order valence-electron chi connectivity index (χ1n) is 11.6. The van der Waals surface area contributed by atoms with Crippen molar-refractivity contribution < 1.29 is 9.59 Å². The Kier molecular flexibility index (Phi) is 5.84. The summed E-state index contributed by atoms with van der Waals surface area (Å²) in [5.41, 5.74) is 3.37. The molecule has 4 heterocycles. The zero-order valence-corrected chi connectivity index (χ0v) is 18.2. The van der Waals surface area contributed by atoms with Gasteiger partial charge in [0.2, 0.25) is 5.91 Å². The van der Waals surface area contributed by atoms with E-state index < -0.39 is 0 Å². The van der Waals surface area contributed by atoms with Gasteiger partial charge in [-0.1, -0.05) is 24.3 Å². The fourth-order valence-corrected chi connectivity index (χ4v) is 4.88. The average molecular weight is 429 g/mol. The van der Waals surface area contributed by atoms with Crippen LogP contribution in [-0.2, 0) is 11.2 Å². The van der Waals surface area contributed by atoms with E-state index >= 15 is 0 Å². The van der Waals surface area contributed by atoms with Gasteiger partial charge in [0.1, 0.15) is 0 Å². The zero-order chi connectivity index (χ0) is 21.9. The molecule has 2 aromatic heterocycles. The van der Waals surface area contributed by atoms with Gasteiger partial charge in [-0.15, -0.1) is 0 Å². The summed E-state index contributed by atoms with van der Waals surface area (Å²) in [5.74, 6) is 0.395. The van der Waals surface area contributed by atoms with Crippen molar-refractivity contribution in [2.45, 2.75) is 38.0 Å². The molecule has 6 nitrogen and oxygen atoms in total. The molecule has 5 rings (SSSR count). The number of para-hydroxylation sites is 1. The van der Waals surface area contributed by atoms with Crippen molar-refractivity contribution in [1.29, 1.82) is 0 Å². The lowest BCUT2D eigenvalue weighted by atomic mass is 9.89. The molecule has 3 aromatic rings. The summed E-state index contributed by atoms with van der Waals surface area (Å²) in [6, 6.07) is 15.7. The molecule has 2 amide bonds. The van der Waals surface area contributed by atoms with Gasteiger partial charge >= 0.3 is 0 Å². The van der Waals surface area contributed by atoms with Crippen LogP contribution in [0.2, 0.25) is 0 Å². The highest BCUT2D eigenvalue weighted by Crippen LogP contribution is 2.32. The molecule has 0 N–H and O–H groups in total. The Labute approximate surface area is 188 Å². The minimum atomic E-state index is 0.101. The van der Waals surface area contributed by atoms with Crippen molar-refractivity contribution in [3.05, 3.63) is 71.7 Å². The zero-order valence-electron chi connectivity index (χ0n) is 18.2. The predicted octanol–water partition coefficient (Wildman–Crippen LogP) is 3.81. The van der Waals surface area contributed by atoms with E-state index in [-0.39, 0.29) is 17.7 Å². The number of carbonyl (C=O) groups excluding carboxylic acids is 2. The fourth-order valence-electron chi connectivity index (χ4n) is 4.88. The third-order valence-electron chi connectivity index (χ3n) is 6.67. The summed E-state index contributed by atoms with van der Waals surface area (Å²) in [4.78, 5) is 39.2. The Hall–Kier alpha value is -3.28. The summed E-state index contributed by atoms with van der Waals surface area (Å²) in [5, 5.41) is 1.00. The normalized spacial score (nSPS) is 17.1. The second kappa shape index (κ2) is 9.07. The van der Waals surface area contributed by atoms with Crippen molar-refractivity contribution in [3.8, 4) is 0 Å². The average Bonchev–Trinajstić information content (AvgIpc) is 3.39. The summed E-state index contributed by atoms with van der Waals surface area (Å²) < 4.78 is 0. The molecule has 2 fully saturated rings. The van der Waals surface area contributed by atoms with E-state index in [1.54, 1.807) is 6.20 Å². The fraction of sp³-hybridized carbons (Fsp3) is 0.385. The van der Waals surface area contributed by atoms with E-state index in [0.717, 1.165) is 66.6 Å². The highest BCUT2D eigenvalue weighted by Gasteiger charge is 2.30. The first kappa shape index (κ1) is 20.6. The largest absolute Gasteiger partial charge is 0.342 e. The Morgan fingerprint density at radius 1 is 0.906 bits per heavy atom. The van der Waals surface area contributed by atoms with Crippen molar-refractivity contribution >= 4 is 22.7 Å². The number of hydrogen-bond donors (Lipinski definition) is 0. The molecule has 164 valence electrons. The lowest BCUT2D eigenvalue weighted by Crippen LogP contribution is -2.39. The van der Waals surface area contributed by atoms with Crippen molar-refractivity contribution in [2.75, 3.05) is 26.2 Å². The molecule has 0 bridgehead atoms.